The van der Waals surface area contributed by atoms with Gasteiger partial charge in [-0.2, -0.15) is 0 Å². The molecule has 0 aromatic heterocycles. The van der Waals surface area contributed by atoms with Gasteiger partial charge in [-0.1, -0.05) is 42.5 Å². The molecule has 0 saturated carbocycles. The maximum Gasteiger partial charge on any atom is 0.115 e. The lowest BCUT2D eigenvalue weighted by molar-refractivity contribution is 0.181. The molecule has 3 aromatic rings. The second-order valence-corrected chi connectivity index (χ2v) is 7.04. The van der Waals surface area contributed by atoms with Gasteiger partial charge >= 0.3 is 0 Å². The number of methoxy groups -OCH3 is 2. The first kappa shape index (κ1) is 19.9. The zero-order chi connectivity index (χ0) is 20.1. The molecule has 0 aliphatic heterocycles. The summed E-state index contributed by atoms with van der Waals surface area (Å²) in [4.78, 5) is 0. The van der Waals surface area contributed by atoms with Crippen LogP contribution < -0.4 is 0 Å². The molecule has 0 bridgehead atoms. The van der Waals surface area contributed by atoms with Gasteiger partial charge in [0.05, 0.1) is 13.2 Å². The quantitative estimate of drug-likeness (QED) is 0.583. The number of phenolic OH excluding ortho intramolecular Hbond substituents is 2. The molecule has 0 aliphatic carbocycles. The van der Waals surface area contributed by atoms with Gasteiger partial charge in [0.2, 0.25) is 0 Å². The van der Waals surface area contributed by atoms with E-state index in [1.54, 1.807) is 38.5 Å². The van der Waals surface area contributed by atoms with Crippen molar-refractivity contribution in [3.8, 4) is 11.5 Å². The summed E-state index contributed by atoms with van der Waals surface area (Å²) in [6, 6.07) is 21.0. The van der Waals surface area contributed by atoms with E-state index in [2.05, 4.69) is 19.1 Å². The number of aromatic hydroxyl groups is 2. The van der Waals surface area contributed by atoms with Gasteiger partial charge < -0.3 is 19.7 Å². The van der Waals surface area contributed by atoms with Crippen LogP contribution in [0.4, 0.5) is 0 Å². The van der Waals surface area contributed by atoms with Crippen LogP contribution in [0.25, 0.3) is 0 Å². The lowest BCUT2D eigenvalue weighted by atomic mass is 9.68. The Hall–Kier alpha value is -2.82. The highest BCUT2D eigenvalue weighted by atomic mass is 16.5. The second kappa shape index (κ2) is 8.46. The van der Waals surface area contributed by atoms with Gasteiger partial charge in [-0.25, -0.2) is 0 Å². The van der Waals surface area contributed by atoms with Crippen LogP contribution in [0.15, 0.2) is 66.7 Å². The van der Waals surface area contributed by atoms with Crippen molar-refractivity contribution in [3.63, 3.8) is 0 Å². The van der Waals surface area contributed by atoms with Crippen LogP contribution in [-0.2, 0) is 28.1 Å². The summed E-state index contributed by atoms with van der Waals surface area (Å²) in [5, 5.41) is 20.1. The highest BCUT2D eigenvalue weighted by Gasteiger charge is 2.35. The van der Waals surface area contributed by atoms with Crippen LogP contribution in [0.5, 0.6) is 11.5 Å². The van der Waals surface area contributed by atoms with Crippen LogP contribution >= 0.6 is 0 Å². The molecule has 0 spiro atoms. The Morgan fingerprint density at radius 2 is 1.18 bits per heavy atom. The predicted octanol–water partition coefficient (Wildman–Crippen LogP) is 4.74. The summed E-state index contributed by atoms with van der Waals surface area (Å²) in [5.74, 6) is 0.406. The normalized spacial score (nSPS) is 11.5. The molecule has 0 saturated heterocycles. The minimum absolute atomic E-state index is 0.203. The summed E-state index contributed by atoms with van der Waals surface area (Å²) >= 11 is 0. The van der Waals surface area contributed by atoms with Crippen molar-refractivity contribution < 1.29 is 19.7 Å². The summed E-state index contributed by atoms with van der Waals surface area (Å²) in [7, 11) is 3.29. The molecule has 4 heteroatoms. The first-order valence-corrected chi connectivity index (χ1v) is 9.18. The van der Waals surface area contributed by atoms with E-state index in [-0.39, 0.29) is 11.5 Å². The molecule has 0 amide bonds. The number of ether oxygens (including phenoxy) is 2. The fraction of sp³-hybridized carbons (Fsp3) is 0.250. The molecule has 4 nitrogen and oxygen atoms in total. The van der Waals surface area contributed by atoms with E-state index in [4.69, 9.17) is 9.47 Å². The molecule has 0 atom stereocenters. The van der Waals surface area contributed by atoms with Crippen molar-refractivity contribution >= 4 is 0 Å². The van der Waals surface area contributed by atoms with Gasteiger partial charge in [-0.05, 0) is 59.0 Å². The third-order valence-electron chi connectivity index (χ3n) is 5.21. The lowest BCUT2D eigenvalue weighted by Gasteiger charge is -2.35. The van der Waals surface area contributed by atoms with Gasteiger partial charge in [0, 0.05) is 19.6 Å². The molecular weight excluding hydrogens is 352 g/mol. The number of rotatable bonds is 7. The zero-order valence-electron chi connectivity index (χ0n) is 16.5. The van der Waals surface area contributed by atoms with Gasteiger partial charge in [-0.3, -0.25) is 0 Å². The van der Waals surface area contributed by atoms with Crippen LogP contribution in [0.1, 0.15) is 34.7 Å². The summed E-state index contributed by atoms with van der Waals surface area (Å²) < 4.78 is 10.8. The van der Waals surface area contributed by atoms with Crippen molar-refractivity contribution in [1.82, 2.24) is 0 Å². The monoisotopic (exact) mass is 378 g/mol. The van der Waals surface area contributed by atoms with Crippen molar-refractivity contribution in [2.45, 2.75) is 25.6 Å². The van der Waals surface area contributed by atoms with E-state index in [0.717, 1.165) is 27.8 Å². The maximum absolute atomic E-state index is 10.0. The first-order valence-electron chi connectivity index (χ1n) is 9.18. The molecule has 0 aliphatic rings. The Bertz CT molecular complexity index is 879. The van der Waals surface area contributed by atoms with E-state index < -0.39 is 5.41 Å². The highest BCUT2D eigenvalue weighted by Crippen LogP contribution is 2.43. The average Bonchev–Trinajstić information content (AvgIpc) is 2.69. The minimum atomic E-state index is -0.537. The molecule has 0 unspecified atom stereocenters. The van der Waals surface area contributed by atoms with Crippen LogP contribution in [0.3, 0.4) is 0 Å². The largest absolute Gasteiger partial charge is 0.508 e. The molecule has 28 heavy (non-hydrogen) atoms. The SMILES string of the molecule is COCc1cc(O)ccc1C(C)(c1ccccc1)c1ccc(O)cc1COC. The second-order valence-electron chi connectivity index (χ2n) is 7.04. The maximum atomic E-state index is 10.0. The molecule has 0 heterocycles. The van der Waals surface area contributed by atoms with Gasteiger partial charge in [-0.15, -0.1) is 0 Å². The summed E-state index contributed by atoms with van der Waals surface area (Å²) in [5.41, 5.74) is 4.43. The molecule has 3 rings (SSSR count). The lowest BCUT2D eigenvalue weighted by Crippen LogP contribution is -2.28. The topological polar surface area (TPSA) is 58.9 Å². The number of hydrogen-bond acceptors (Lipinski definition) is 4. The summed E-state index contributed by atoms with van der Waals surface area (Å²) in [6.07, 6.45) is 0. The van der Waals surface area contributed by atoms with Gasteiger partial charge in [0.15, 0.2) is 0 Å². The molecule has 0 fully saturated rings. The Balaban J connectivity index is 2.34. The molecule has 146 valence electrons. The minimum Gasteiger partial charge on any atom is -0.508 e. The van der Waals surface area contributed by atoms with E-state index >= 15 is 0 Å². The Morgan fingerprint density at radius 1 is 0.714 bits per heavy atom. The van der Waals surface area contributed by atoms with Crippen molar-refractivity contribution in [2.75, 3.05) is 14.2 Å². The third kappa shape index (κ3) is 3.75. The Kier molecular flexibility index (Phi) is 6.02. The van der Waals surface area contributed by atoms with Crippen LogP contribution in [-0.4, -0.2) is 24.4 Å². The van der Waals surface area contributed by atoms with Crippen molar-refractivity contribution in [2.24, 2.45) is 0 Å². The highest BCUT2D eigenvalue weighted by molar-refractivity contribution is 5.56. The molecule has 3 aromatic carbocycles. The van der Waals surface area contributed by atoms with E-state index in [1.807, 2.05) is 30.3 Å². The van der Waals surface area contributed by atoms with E-state index in [0.29, 0.717) is 13.2 Å². The van der Waals surface area contributed by atoms with Crippen LogP contribution in [0, 0.1) is 0 Å². The summed E-state index contributed by atoms with van der Waals surface area (Å²) in [6.45, 7) is 2.91. The zero-order valence-corrected chi connectivity index (χ0v) is 16.5. The van der Waals surface area contributed by atoms with Gasteiger partial charge in [0.25, 0.3) is 0 Å². The Morgan fingerprint density at radius 3 is 1.61 bits per heavy atom. The van der Waals surface area contributed by atoms with Crippen LogP contribution in [0.2, 0.25) is 0 Å². The smallest absolute Gasteiger partial charge is 0.115 e. The fourth-order valence-electron chi connectivity index (χ4n) is 3.91. The standard InChI is InChI=1S/C24H26O4/c1-24(19-7-5-4-6-8-19,22-11-9-20(25)13-17(22)15-27-2)23-12-10-21(26)14-18(23)16-28-3/h4-14,25-26H,15-16H2,1-3H3. The predicted molar refractivity (Wildman–Crippen MR) is 110 cm³/mol. The van der Waals surface area contributed by atoms with E-state index in [1.165, 1.54) is 0 Å². The number of benzene rings is 3. The first-order chi connectivity index (χ1) is 13.5. The van der Waals surface area contributed by atoms with Crippen molar-refractivity contribution in [3.05, 3.63) is 94.5 Å². The third-order valence-corrected chi connectivity index (χ3v) is 5.21. The van der Waals surface area contributed by atoms with E-state index in [9.17, 15) is 10.2 Å². The molecule has 2 N–H and O–H groups in total. The van der Waals surface area contributed by atoms with Crippen molar-refractivity contribution in [1.29, 1.82) is 0 Å². The van der Waals surface area contributed by atoms with Gasteiger partial charge in [0.1, 0.15) is 11.5 Å². The fourth-order valence-corrected chi connectivity index (χ4v) is 3.91. The molecule has 0 radical (unpaired) electrons. The number of hydrogen-bond donors (Lipinski definition) is 2. The molecular formula is C24H26O4. The number of phenols is 2. The Labute approximate surface area is 166 Å². The average molecular weight is 378 g/mol.